The first kappa shape index (κ1) is 13.7. The highest BCUT2D eigenvalue weighted by atomic mass is 16.5. The first-order chi connectivity index (χ1) is 9.90. The maximum atomic E-state index is 5.78. The van der Waals surface area contributed by atoms with Crippen LogP contribution in [0.1, 0.15) is 39.0 Å². The van der Waals surface area contributed by atoms with E-state index in [0.29, 0.717) is 18.7 Å². The van der Waals surface area contributed by atoms with Crippen LogP contribution in [0.4, 0.5) is 5.82 Å². The van der Waals surface area contributed by atoms with Crippen molar-refractivity contribution < 1.29 is 4.74 Å². The van der Waals surface area contributed by atoms with Crippen LogP contribution in [-0.2, 0) is 0 Å². The summed E-state index contributed by atoms with van der Waals surface area (Å²) in [6, 6.07) is 5.19. The molecule has 2 aliphatic rings. The smallest absolute Gasteiger partial charge is 0.171 e. The normalized spacial score (nSPS) is 26.8. The van der Waals surface area contributed by atoms with Gasteiger partial charge in [-0.2, -0.15) is 0 Å². The second kappa shape index (κ2) is 6.44. The van der Waals surface area contributed by atoms with Crippen molar-refractivity contribution in [3.05, 3.63) is 18.3 Å². The maximum absolute atomic E-state index is 5.78. The summed E-state index contributed by atoms with van der Waals surface area (Å²) >= 11 is 0. The number of nitrogens with zero attached hydrogens (tertiary/aromatic N) is 2. The lowest BCUT2D eigenvalue weighted by Gasteiger charge is -2.40. The third-order valence-electron chi connectivity index (χ3n) is 4.43. The van der Waals surface area contributed by atoms with Gasteiger partial charge >= 0.3 is 0 Å². The van der Waals surface area contributed by atoms with Crippen LogP contribution in [0.25, 0.3) is 0 Å². The maximum Gasteiger partial charge on any atom is 0.171 e. The molecular weight excluding hydrogens is 250 g/mol. The Bertz CT molecular complexity index is 431. The van der Waals surface area contributed by atoms with Gasteiger partial charge in [0.05, 0.1) is 6.61 Å². The number of anilines is 1. The molecule has 2 saturated heterocycles. The van der Waals surface area contributed by atoms with Crippen molar-refractivity contribution in [2.75, 3.05) is 24.6 Å². The van der Waals surface area contributed by atoms with Crippen LogP contribution in [0.3, 0.4) is 0 Å². The van der Waals surface area contributed by atoms with Crippen LogP contribution in [0, 0.1) is 0 Å². The van der Waals surface area contributed by atoms with Gasteiger partial charge in [0.1, 0.15) is 0 Å². The van der Waals surface area contributed by atoms with Crippen LogP contribution >= 0.6 is 0 Å². The van der Waals surface area contributed by atoms with Crippen molar-refractivity contribution in [3.63, 3.8) is 0 Å². The van der Waals surface area contributed by atoms with Crippen molar-refractivity contribution in [2.24, 2.45) is 0 Å². The number of nitrogens with one attached hydrogen (secondary N) is 1. The summed E-state index contributed by atoms with van der Waals surface area (Å²) in [6.45, 7) is 4.98. The molecule has 0 aliphatic carbocycles. The number of aromatic nitrogens is 1. The third kappa shape index (κ3) is 2.75. The third-order valence-corrected chi connectivity index (χ3v) is 4.43. The number of ether oxygens (including phenoxy) is 1. The Hall–Kier alpha value is -1.29. The molecule has 3 heterocycles. The molecule has 4 nitrogen and oxygen atoms in total. The van der Waals surface area contributed by atoms with Crippen LogP contribution < -0.4 is 15.0 Å². The second-order valence-corrected chi connectivity index (χ2v) is 5.72. The Labute approximate surface area is 121 Å². The fraction of sp³-hybridized carbons (Fsp3) is 0.688. The molecule has 3 rings (SSSR count). The van der Waals surface area contributed by atoms with Crippen molar-refractivity contribution in [3.8, 4) is 5.75 Å². The zero-order chi connectivity index (χ0) is 13.8. The van der Waals surface area contributed by atoms with E-state index in [1.54, 1.807) is 0 Å². The quantitative estimate of drug-likeness (QED) is 0.916. The summed E-state index contributed by atoms with van der Waals surface area (Å²) in [5, 5.41) is 3.67. The van der Waals surface area contributed by atoms with E-state index in [2.05, 4.69) is 15.2 Å². The largest absolute Gasteiger partial charge is 0.490 e. The summed E-state index contributed by atoms with van der Waals surface area (Å²) in [4.78, 5) is 7.10. The molecule has 2 fully saturated rings. The van der Waals surface area contributed by atoms with E-state index >= 15 is 0 Å². The molecule has 0 radical (unpaired) electrons. The van der Waals surface area contributed by atoms with Gasteiger partial charge in [-0.15, -0.1) is 0 Å². The van der Waals surface area contributed by atoms with Crippen molar-refractivity contribution in [2.45, 2.75) is 51.1 Å². The van der Waals surface area contributed by atoms with Gasteiger partial charge in [0.15, 0.2) is 11.6 Å². The number of rotatable bonds is 4. The zero-order valence-electron chi connectivity index (χ0n) is 12.3. The minimum atomic E-state index is 0.570. The van der Waals surface area contributed by atoms with Crippen molar-refractivity contribution in [1.82, 2.24) is 10.3 Å². The molecule has 2 aliphatic heterocycles. The Morgan fingerprint density at radius 2 is 2.30 bits per heavy atom. The molecule has 0 bridgehead atoms. The van der Waals surface area contributed by atoms with Gasteiger partial charge in [0.25, 0.3) is 0 Å². The monoisotopic (exact) mass is 275 g/mol. The van der Waals surface area contributed by atoms with Gasteiger partial charge < -0.3 is 15.0 Å². The fourth-order valence-electron chi connectivity index (χ4n) is 3.54. The van der Waals surface area contributed by atoms with Crippen LogP contribution in [0.15, 0.2) is 18.3 Å². The summed E-state index contributed by atoms with van der Waals surface area (Å²) in [7, 11) is 0. The highest BCUT2D eigenvalue weighted by molar-refractivity contribution is 5.53. The van der Waals surface area contributed by atoms with Gasteiger partial charge in [-0.3, -0.25) is 0 Å². The Morgan fingerprint density at radius 3 is 3.10 bits per heavy atom. The molecule has 0 saturated carbocycles. The van der Waals surface area contributed by atoms with Gasteiger partial charge in [0, 0.05) is 24.8 Å². The average Bonchev–Trinajstić information content (AvgIpc) is 3.02. The number of hydrogen-bond acceptors (Lipinski definition) is 4. The van der Waals surface area contributed by atoms with Crippen LogP contribution in [0.5, 0.6) is 5.75 Å². The van der Waals surface area contributed by atoms with Crippen LogP contribution in [0.2, 0.25) is 0 Å². The van der Waals surface area contributed by atoms with E-state index in [1.165, 1.54) is 32.1 Å². The predicted octanol–water partition coefficient (Wildman–Crippen LogP) is 2.59. The van der Waals surface area contributed by atoms with E-state index in [0.717, 1.165) is 24.7 Å². The SMILES string of the molecule is CCOc1cccnc1N1CCCCC1C1CCCN1. The minimum absolute atomic E-state index is 0.570. The van der Waals surface area contributed by atoms with Crippen molar-refractivity contribution >= 4 is 5.82 Å². The average molecular weight is 275 g/mol. The molecule has 0 spiro atoms. The molecular formula is C16H25N3O. The Balaban J connectivity index is 1.85. The van der Waals surface area contributed by atoms with Crippen molar-refractivity contribution in [1.29, 1.82) is 0 Å². The molecule has 0 aromatic carbocycles. The van der Waals surface area contributed by atoms with Gasteiger partial charge in [-0.1, -0.05) is 0 Å². The van der Waals surface area contributed by atoms with Gasteiger partial charge in [-0.25, -0.2) is 4.98 Å². The summed E-state index contributed by atoms with van der Waals surface area (Å²) in [5.41, 5.74) is 0. The van der Waals surface area contributed by atoms with Gasteiger partial charge in [-0.05, 0) is 57.7 Å². The van der Waals surface area contributed by atoms with E-state index < -0.39 is 0 Å². The zero-order valence-corrected chi connectivity index (χ0v) is 12.3. The summed E-state index contributed by atoms with van der Waals surface area (Å²) in [6.07, 6.45) is 8.32. The molecule has 0 amide bonds. The highest BCUT2D eigenvalue weighted by Gasteiger charge is 2.33. The van der Waals surface area contributed by atoms with E-state index in [9.17, 15) is 0 Å². The van der Waals surface area contributed by atoms with E-state index in [1.807, 2.05) is 25.3 Å². The predicted molar refractivity (Wildman–Crippen MR) is 81.4 cm³/mol. The van der Waals surface area contributed by atoms with Gasteiger partial charge in [0.2, 0.25) is 0 Å². The molecule has 4 heteroatoms. The van der Waals surface area contributed by atoms with E-state index in [4.69, 9.17) is 4.74 Å². The Morgan fingerprint density at radius 1 is 1.35 bits per heavy atom. The molecule has 20 heavy (non-hydrogen) atoms. The number of piperidine rings is 1. The number of hydrogen-bond donors (Lipinski definition) is 1. The molecule has 1 N–H and O–H groups in total. The first-order valence-corrected chi connectivity index (χ1v) is 7.98. The number of pyridine rings is 1. The molecule has 2 atom stereocenters. The first-order valence-electron chi connectivity index (χ1n) is 7.98. The topological polar surface area (TPSA) is 37.4 Å². The molecule has 110 valence electrons. The molecule has 1 aromatic rings. The Kier molecular flexibility index (Phi) is 4.41. The lowest BCUT2D eigenvalue weighted by Crippen LogP contribution is -2.50. The standard InChI is InChI=1S/C16H25N3O/c1-2-20-15-9-6-11-18-16(15)19-12-4-3-8-14(19)13-7-5-10-17-13/h6,9,11,13-14,17H,2-5,7-8,10,12H2,1H3. The fourth-order valence-corrected chi connectivity index (χ4v) is 3.54. The minimum Gasteiger partial charge on any atom is -0.490 e. The summed E-state index contributed by atoms with van der Waals surface area (Å²) < 4.78 is 5.78. The molecule has 2 unspecified atom stereocenters. The lowest BCUT2D eigenvalue weighted by molar-refractivity contribution is 0.330. The van der Waals surface area contributed by atoms with E-state index in [-0.39, 0.29) is 0 Å². The second-order valence-electron chi connectivity index (χ2n) is 5.72. The highest BCUT2D eigenvalue weighted by Crippen LogP contribution is 2.33. The molecule has 1 aromatic heterocycles. The lowest BCUT2D eigenvalue weighted by atomic mass is 9.94. The van der Waals surface area contributed by atoms with Crippen LogP contribution in [-0.4, -0.2) is 36.8 Å². The summed E-state index contributed by atoms with van der Waals surface area (Å²) in [5.74, 6) is 1.97.